The van der Waals surface area contributed by atoms with Crippen molar-refractivity contribution < 1.29 is 9.32 Å². The van der Waals surface area contributed by atoms with Crippen molar-refractivity contribution in [2.24, 2.45) is 0 Å². The molecule has 1 aromatic carbocycles. The van der Waals surface area contributed by atoms with Gasteiger partial charge in [-0.25, -0.2) is 4.79 Å². The second-order valence-electron chi connectivity index (χ2n) is 5.92. The average molecular weight is 299 g/mol. The maximum Gasteiger partial charge on any atom is 0.324 e. The van der Waals surface area contributed by atoms with Gasteiger partial charge in [0, 0.05) is 24.7 Å². The lowest BCUT2D eigenvalue weighted by molar-refractivity contribution is 0.204. The van der Waals surface area contributed by atoms with E-state index in [0.717, 1.165) is 24.1 Å². The third kappa shape index (κ3) is 3.13. The molecular formula is C17H21N3O2. The van der Waals surface area contributed by atoms with Crippen molar-refractivity contribution in [1.29, 1.82) is 0 Å². The van der Waals surface area contributed by atoms with Crippen LogP contribution in [0.4, 0.5) is 10.7 Å². The van der Waals surface area contributed by atoms with Crippen LogP contribution >= 0.6 is 0 Å². The summed E-state index contributed by atoms with van der Waals surface area (Å²) in [5, 5.41) is 6.80. The van der Waals surface area contributed by atoms with E-state index < -0.39 is 0 Å². The van der Waals surface area contributed by atoms with Gasteiger partial charge in [0.25, 0.3) is 0 Å². The van der Waals surface area contributed by atoms with Gasteiger partial charge < -0.3 is 9.42 Å². The maximum atomic E-state index is 12.2. The number of rotatable bonds is 3. The highest BCUT2D eigenvalue weighted by Gasteiger charge is 2.24. The highest BCUT2D eigenvalue weighted by Crippen LogP contribution is 2.24. The molecule has 22 heavy (non-hydrogen) atoms. The Morgan fingerprint density at radius 1 is 1.27 bits per heavy atom. The molecule has 0 atom stereocenters. The molecule has 1 N–H and O–H groups in total. The van der Waals surface area contributed by atoms with Crippen LogP contribution in [0.5, 0.6) is 0 Å². The second kappa shape index (κ2) is 6.22. The summed E-state index contributed by atoms with van der Waals surface area (Å²) in [6.07, 6.45) is 4.55. The summed E-state index contributed by atoms with van der Waals surface area (Å²) in [6, 6.07) is 9.97. The summed E-state index contributed by atoms with van der Waals surface area (Å²) >= 11 is 0. The van der Waals surface area contributed by atoms with Crippen molar-refractivity contribution in [3.05, 3.63) is 35.9 Å². The van der Waals surface area contributed by atoms with E-state index in [1.54, 1.807) is 11.0 Å². The van der Waals surface area contributed by atoms with Crippen LogP contribution in [0.2, 0.25) is 0 Å². The van der Waals surface area contributed by atoms with Gasteiger partial charge in [0.05, 0.1) is 0 Å². The number of anilines is 1. The van der Waals surface area contributed by atoms with Crippen LogP contribution in [0.15, 0.2) is 34.9 Å². The Kier molecular flexibility index (Phi) is 4.13. The highest BCUT2D eigenvalue weighted by molar-refractivity contribution is 5.88. The number of hydrogen-bond donors (Lipinski definition) is 1. The lowest BCUT2D eigenvalue weighted by Crippen LogP contribution is -2.38. The largest absolute Gasteiger partial charge is 0.338 e. The molecular weight excluding hydrogens is 278 g/mol. The predicted molar refractivity (Wildman–Crippen MR) is 85.7 cm³/mol. The second-order valence-corrected chi connectivity index (χ2v) is 5.92. The molecule has 0 aliphatic heterocycles. The number of aromatic nitrogens is 1. The number of carbonyl (C=O) groups is 1. The molecule has 2 aromatic rings. The first-order valence-corrected chi connectivity index (χ1v) is 7.71. The van der Waals surface area contributed by atoms with Crippen molar-refractivity contribution in [1.82, 2.24) is 10.1 Å². The minimum Gasteiger partial charge on any atom is -0.338 e. The number of hydrogen-bond acceptors (Lipinski definition) is 3. The zero-order valence-corrected chi connectivity index (χ0v) is 13.0. The van der Waals surface area contributed by atoms with Crippen molar-refractivity contribution in [3.8, 4) is 11.3 Å². The van der Waals surface area contributed by atoms with E-state index in [4.69, 9.17) is 4.52 Å². The fourth-order valence-electron chi connectivity index (χ4n) is 2.85. The highest BCUT2D eigenvalue weighted by atomic mass is 16.5. The van der Waals surface area contributed by atoms with Gasteiger partial charge in [-0.15, -0.1) is 0 Å². The molecule has 1 aliphatic carbocycles. The number of amides is 2. The minimum atomic E-state index is -0.140. The molecule has 1 heterocycles. The van der Waals surface area contributed by atoms with Crippen molar-refractivity contribution in [3.63, 3.8) is 0 Å². The summed E-state index contributed by atoms with van der Waals surface area (Å²) in [5.74, 6) is 0.380. The fourth-order valence-corrected chi connectivity index (χ4v) is 2.85. The topological polar surface area (TPSA) is 58.4 Å². The van der Waals surface area contributed by atoms with Crippen molar-refractivity contribution in [2.45, 2.75) is 38.6 Å². The number of carbonyl (C=O) groups excluding carboxylic acids is 1. The molecule has 1 aliphatic rings. The standard InChI is InChI=1S/C17H21N3O2/c1-12-7-9-13(10-8-12)15-11-16(22-19-15)18-17(21)20(2)14-5-3-4-6-14/h7-11,14H,3-6H2,1-2H3,(H,18,21). The summed E-state index contributed by atoms with van der Waals surface area (Å²) in [7, 11) is 1.84. The molecule has 0 spiro atoms. The Hall–Kier alpha value is -2.30. The summed E-state index contributed by atoms with van der Waals surface area (Å²) in [5.41, 5.74) is 2.89. The number of urea groups is 1. The minimum absolute atomic E-state index is 0.140. The first kappa shape index (κ1) is 14.6. The lowest BCUT2D eigenvalue weighted by atomic mass is 10.1. The summed E-state index contributed by atoms with van der Waals surface area (Å²) in [6.45, 7) is 2.04. The molecule has 1 fully saturated rings. The third-order valence-corrected chi connectivity index (χ3v) is 4.28. The van der Waals surface area contributed by atoms with E-state index in [2.05, 4.69) is 10.5 Å². The van der Waals surface area contributed by atoms with Crippen LogP contribution in [0, 0.1) is 6.92 Å². The molecule has 0 saturated heterocycles. The van der Waals surface area contributed by atoms with Crippen molar-refractivity contribution >= 4 is 11.9 Å². The third-order valence-electron chi connectivity index (χ3n) is 4.28. The van der Waals surface area contributed by atoms with Crippen LogP contribution < -0.4 is 5.32 Å². The van der Waals surface area contributed by atoms with Gasteiger partial charge in [-0.2, -0.15) is 0 Å². The van der Waals surface area contributed by atoms with Gasteiger partial charge in [-0.3, -0.25) is 5.32 Å². The average Bonchev–Trinajstić information content (AvgIpc) is 3.18. The van der Waals surface area contributed by atoms with Gasteiger partial charge in [0.1, 0.15) is 5.69 Å². The van der Waals surface area contributed by atoms with Crippen LogP contribution in [0.1, 0.15) is 31.2 Å². The van der Waals surface area contributed by atoms with E-state index in [1.807, 2.05) is 38.2 Å². The summed E-state index contributed by atoms with van der Waals surface area (Å²) in [4.78, 5) is 14.0. The SMILES string of the molecule is Cc1ccc(-c2cc(NC(=O)N(C)C3CCCC3)on2)cc1. The zero-order chi connectivity index (χ0) is 15.5. The Morgan fingerprint density at radius 3 is 2.64 bits per heavy atom. The van der Waals surface area contributed by atoms with Gasteiger partial charge in [0.2, 0.25) is 5.88 Å². The van der Waals surface area contributed by atoms with E-state index >= 15 is 0 Å². The Balaban J connectivity index is 1.66. The van der Waals surface area contributed by atoms with Gasteiger partial charge in [-0.05, 0) is 19.8 Å². The van der Waals surface area contributed by atoms with E-state index in [-0.39, 0.29) is 6.03 Å². The van der Waals surface area contributed by atoms with Crippen LogP contribution in [-0.4, -0.2) is 29.2 Å². The Labute approximate surface area is 130 Å². The molecule has 1 saturated carbocycles. The normalized spacial score (nSPS) is 15.0. The monoisotopic (exact) mass is 299 g/mol. The lowest BCUT2D eigenvalue weighted by Gasteiger charge is -2.23. The molecule has 2 amide bonds. The van der Waals surface area contributed by atoms with Crippen LogP contribution in [-0.2, 0) is 0 Å². The number of nitrogens with zero attached hydrogens (tertiary/aromatic N) is 2. The Morgan fingerprint density at radius 2 is 1.95 bits per heavy atom. The molecule has 0 radical (unpaired) electrons. The van der Waals surface area contributed by atoms with Gasteiger partial charge in [0.15, 0.2) is 0 Å². The first-order chi connectivity index (χ1) is 10.6. The molecule has 1 aromatic heterocycles. The van der Waals surface area contributed by atoms with Crippen LogP contribution in [0.25, 0.3) is 11.3 Å². The number of benzene rings is 1. The fraction of sp³-hybridized carbons (Fsp3) is 0.412. The molecule has 5 nitrogen and oxygen atoms in total. The number of nitrogens with one attached hydrogen (secondary N) is 1. The van der Waals surface area contributed by atoms with Crippen LogP contribution in [0.3, 0.4) is 0 Å². The number of aryl methyl sites for hydroxylation is 1. The van der Waals surface area contributed by atoms with E-state index in [1.165, 1.54) is 18.4 Å². The van der Waals surface area contributed by atoms with E-state index in [9.17, 15) is 4.79 Å². The van der Waals surface area contributed by atoms with Gasteiger partial charge >= 0.3 is 6.03 Å². The molecule has 116 valence electrons. The first-order valence-electron chi connectivity index (χ1n) is 7.71. The predicted octanol–water partition coefficient (Wildman–Crippen LogP) is 4.06. The molecule has 3 rings (SSSR count). The Bertz CT molecular complexity index is 642. The smallest absolute Gasteiger partial charge is 0.324 e. The maximum absolute atomic E-state index is 12.2. The molecule has 0 bridgehead atoms. The molecule has 5 heteroatoms. The van der Waals surface area contributed by atoms with Gasteiger partial charge in [-0.1, -0.05) is 47.8 Å². The van der Waals surface area contributed by atoms with E-state index in [0.29, 0.717) is 11.9 Å². The molecule has 0 unspecified atom stereocenters. The summed E-state index contributed by atoms with van der Waals surface area (Å²) < 4.78 is 5.22. The van der Waals surface area contributed by atoms with Crippen molar-refractivity contribution in [2.75, 3.05) is 12.4 Å². The zero-order valence-electron chi connectivity index (χ0n) is 13.0. The quantitative estimate of drug-likeness (QED) is 0.930.